The van der Waals surface area contributed by atoms with Crippen molar-refractivity contribution in [3.05, 3.63) is 11.9 Å². The van der Waals surface area contributed by atoms with E-state index < -0.39 is 0 Å². The number of hydrogen-bond donors (Lipinski definition) is 1. The Morgan fingerprint density at radius 1 is 1.29 bits per heavy atom. The Kier molecular flexibility index (Phi) is 3.82. The predicted octanol–water partition coefficient (Wildman–Crippen LogP) is 2.60. The van der Waals surface area contributed by atoms with Crippen molar-refractivity contribution in [2.45, 2.75) is 45.6 Å². The number of nitrogens with one attached hydrogen (secondary N) is 1. The average Bonchev–Trinajstić information content (AvgIpc) is 2.53. The third-order valence-corrected chi connectivity index (χ3v) is 3.43. The van der Waals surface area contributed by atoms with Crippen molar-refractivity contribution < 1.29 is 0 Å². The van der Waals surface area contributed by atoms with Gasteiger partial charge in [-0.25, -0.2) is 9.97 Å². The van der Waals surface area contributed by atoms with Gasteiger partial charge in [0, 0.05) is 25.7 Å². The fourth-order valence-electron chi connectivity index (χ4n) is 2.44. The minimum atomic E-state index is 0.580. The summed E-state index contributed by atoms with van der Waals surface area (Å²) in [6, 6.07) is 2.63. The van der Waals surface area contributed by atoms with Gasteiger partial charge in [-0.3, -0.25) is 0 Å². The maximum atomic E-state index is 4.57. The molecule has 1 aromatic rings. The predicted molar refractivity (Wildman–Crippen MR) is 71.6 cm³/mol. The molecule has 2 rings (SSSR count). The van der Waals surface area contributed by atoms with Crippen LogP contribution in [-0.2, 0) is 0 Å². The van der Waals surface area contributed by atoms with E-state index in [0.29, 0.717) is 6.04 Å². The van der Waals surface area contributed by atoms with Crippen molar-refractivity contribution in [2.75, 3.05) is 23.8 Å². The Bertz CT molecular complexity index is 378. The molecule has 2 heterocycles. The van der Waals surface area contributed by atoms with Gasteiger partial charge in [-0.15, -0.1) is 0 Å². The van der Waals surface area contributed by atoms with Crippen molar-refractivity contribution >= 4 is 11.6 Å². The number of aryl methyl sites for hydroxylation is 1. The van der Waals surface area contributed by atoms with Crippen LogP contribution in [0.1, 0.15) is 38.4 Å². The minimum Gasteiger partial charge on any atom is -0.373 e. The van der Waals surface area contributed by atoms with E-state index in [9.17, 15) is 0 Å². The van der Waals surface area contributed by atoms with Gasteiger partial charge >= 0.3 is 0 Å². The molecular formula is C13H22N4. The largest absolute Gasteiger partial charge is 0.373 e. The van der Waals surface area contributed by atoms with Crippen molar-refractivity contribution in [1.29, 1.82) is 0 Å². The summed E-state index contributed by atoms with van der Waals surface area (Å²) < 4.78 is 0. The molecule has 1 fully saturated rings. The summed E-state index contributed by atoms with van der Waals surface area (Å²) in [6.45, 7) is 5.36. The number of anilines is 2. The van der Waals surface area contributed by atoms with E-state index in [1.54, 1.807) is 0 Å². The monoisotopic (exact) mass is 234 g/mol. The van der Waals surface area contributed by atoms with E-state index >= 15 is 0 Å². The molecule has 1 saturated heterocycles. The highest BCUT2D eigenvalue weighted by molar-refractivity contribution is 5.49. The summed E-state index contributed by atoms with van der Waals surface area (Å²) in [5, 5.41) is 3.10. The van der Waals surface area contributed by atoms with Gasteiger partial charge < -0.3 is 10.2 Å². The van der Waals surface area contributed by atoms with Gasteiger partial charge in [-0.1, -0.05) is 12.8 Å². The molecule has 0 aliphatic carbocycles. The van der Waals surface area contributed by atoms with E-state index in [2.05, 4.69) is 33.2 Å². The van der Waals surface area contributed by atoms with Gasteiger partial charge in [0.1, 0.15) is 17.5 Å². The number of hydrogen-bond acceptors (Lipinski definition) is 4. The van der Waals surface area contributed by atoms with E-state index in [1.807, 2.05) is 14.0 Å². The van der Waals surface area contributed by atoms with Gasteiger partial charge in [0.2, 0.25) is 0 Å². The summed E-state index contributed by atoms with van der Waals surface area (Å²) in [4.78, 5) is 11.3. The van der Waals surface area contributed by atoms with Crippen LogP contribution in [0.5, 0.6) is 0 Å². The van der Waals surface area contributed by atoms with Crippen LogP contribution in [0.25, 0.3) is 0 Å². The average molecular weight is 234 g/mol. The van der Waals surface area contributed by atoms with Crippen molar-refractivity contribution in [3.63, 3.8) is 0 Å². The third kappa shape index (κ3) is 2.87. The molecule has 0 bridgehead atoms. The van der Waals surface area contributed by atoms with Crippen LogP contribution in [-0.4, -0.2) is 29.6 Å². The summed E-state index contributed by atoms with van der Waals surface area (Å²) in [6.07, 6.45) is 5.20. The fraction of sp³-hybridized carbons (Fsp3) is 0.692. The Labute approximate surface area is 103 Å². The molecule has 1 aliphatic heterocycles. The van der Waals surface area contributed by atoms with Crippen molar-refractivity contribution in [3.8, 4) is 0 Å². The highest BCUT2D eigenvalue weighted by Crippen LogP contribution is 2.23. The second kappa shape index (κ2) is 5.34. The number of aromatic nitrogens is 2. The standard InChI is InChI=1S/C13H22N4/c1-10-7-5-4-6-8-17(10)13-9-12(14-3)15-11(2)16-13/h9-10H,4-8H2,1-3H3,(H,14,15,16). The molecule has 1 aliphatic rings. The highest BCUT2D eigenvalue weighted by Gasteiger charge is 2.19. The van der Waals surface area contributed by atoms with E-state index in [0.717, 1.165) is 24.0 Å². The lowest BCUT2D eigenvalue weighted by molar-refractivity contribution is 0.610. The maximum Gasteiger partial charge on any atom is 0.134 e. The second-order valence-corrected chi connectivity index (χ2v) is 4.80. The SMILES string of the molecule is CNc1cc(N2CCCCCC2C)nc(C)n1. The molecule has 0 spiro atoms. The second-order valence-electron chi connectivity index (χ2n) is 4.80. The Balaban J connectivity index is 2.27. The Morgan fingerprint density at radius 3 is 2.88 bits per heavy atom. The first-order valence-corrected chi connectivity index (χ1v) is 6.51. The normalized spacial score (nSPS) is 21.1. The first kappa shape index (κ1) is 12.1. The molecule has 0 saturated carbocycles. The zero-order valence-electron chi connectivity index (χ0n) is 11.0. The summed E-state index contributed by atoms with van der Waals surface area (Å²) in [7, 11) is 1.90. The third-order valence-electron chi connectivity index (χ3n) is 3.43. The Hall–Kier alpha value is -1.32. The Morgan fingerprint density at radius 2 is 2.12 bits per heavy atom. The highest BCUT2D eigenvalue weighted by atomic mass is 15.2. The van der Waals surface area contributed by atoms with E-state index in [-0.39, 0.29) is 0 Å². The maximum absolute atomic E-state index is 4.57. The van der Waals surface area contributed by atoms with Crippen LogP contribution in [0.4, 0.5) is 11.6 Å². The van der Waals surface area contributed by atoms with Gasteiger partial charge in [-0.05, 0) is 26.7 Å². The topological polar surface area (TPSA) is 41.0 Å². The minimum absolute atomic E-state index is 0.580. The molecule has 1 unspecified atom stereocenters. The lowest BCUT2D eigenvalue weighted by Crippen LogP contribution is -2.33. The smallest absolute Gasteiger partial charge is 0.134 e. The summed E-state index contributed by atoms with van der Waals surface area (Å²) >= 11 is 0. The molecule has 1 atom stereocenters. The van der Waals surface area contributed by atoms with Gasteiger partial charge in [0.25, 0.3) is 0 Å². The van der Waals surface area contributed by atoms with Crippen molar-refractivity contribution in [2.24, 2.45) is 0 Å². The van der Waals surface area contributed by atoms with Crippen LogP contribution < -0.4 is 10.2 Å². The lowest BCUT2D eigenvalue weighted by Gasteiger charge is -2.28. The molecule has 4 nitrogen and oxygen atoms in total. The molecule has 17 heavy (non-hydrogen) atoms. The van der Waals surface area contributed by atoms with Crippen molar-refractivity contribution in [1.82, 2.24) is 9.97 Å². The van der Waals surface area contributed by atoms with Crippen LogP contribution in [0.3, 0.4) is 0 Å². The molecule has 1 aromatic heterocycles. The summed E-state index contributed by atoms with van der Waals surface area (Å²) in [5.74, 6) is 2.81. The molecule has 94 valence electrons. The molecule has 0 aromatic carbocycles. The van der Waals surface area contributed by atoms with Crippen LogP contribution in [0, 0.1) is 6.92 Å². The lowest BCUT2D eigenvalue weighted by atomic mass is 10.1. The molecule has 4 heteroatoms. The van der Waals surface area contributed by atoms with E-state index in [4.69, 9.17) is 0 Å². The van der Waals surface area contributed by atoms with Crippen LogP contribution in [0.2, 0.25) is 0 Å². The first-order chi connectivity index (χ1) is 8.20. The molecule has 1 N–H and O–H groups in total. The van der Waals surface area contributed by atoms with E-state index in [1.165, 1.54) is 25.7 Å². The fourth-order valence-corrected chi connectivity index (χ4v) is 2.44. The molecule has 0 radical (unpaired) electrons. The summed E-state index contributed by atoms with van der Waals surface area (Å²) in [5.41, 5.74) is 0. The van der Waals surface area contributed by atoms with Crippen LogP contribution in [0.15, 0.2) is 6.07 Å². The first-order valence-electron chi connectivity index (χ1n) is 6.51. The van der Waals surface area contributed by atoms with Gasteiger partial charge in [0.15, 0.2) is 0 Å². The number of nitrogens with zero attached hydrogens (tertiary/aromatic N) is 3. The van der Waals surface area contributed by atoms with Gasteiger partial charge in [-0.2, -0.15) is 0 Å². The quantitative estimate of drug-likeness (QED) is 0.854. The zero-order valence-corrected chi connectivity index (χ0v) is 11.0. The van der Waals surface area contributed by atoms with Gasteiger partial charge in [0.05, 0.1) is 0 Å². The zero-order chi connectivity index (χ0) is 12.3. The molecule has 0 amide bonds. The number of rotatable bonds is 2. The molecular weight excluding hydrogens is 212 g/mol. The van der Waals surface area contributed by atoms with Crippen LogP contribution >= 0.6 is 0 Å².